The van der Waals surface area contributed by atoms with Crippen molar-refractivity contribution in [3.63, 3.8) is 0 Å². The summed E-state index contributed by atoms with van der Waals surface area (Å²) in [5, 5.41) is 3.17. The van der Waals surface area contributed by atoms with Crippen molar-refractivity contribution in [2.75, 3.05) is 27.4 Å². The standard InChI is InChI=1S/C14H20BrF2NO2/c1-18-11(5-6-20-9-14(16)17)7-10-3-4-13(19-2)12(15)8-10/h3-4,8,11,14,18H,5-7,9H2,1-2H3. The van der Waals surface area contributed by atoms with Gasteiger partial charge in [0, 0.05) is 12.6 Å². The lowest BCUT2D eigenvalue weighted by Gasteiger charge is -2.17. The predicted molar refractivity (Wildman–Crippen MR) is 78.7 cm³/mol. The van der Waals surface area contributed by atoms with E-state index in [1.807, 2.05) is 25.2 Å². The molecule has 6 heteroatoms. The van der Waals surface area contributed by atoms with Crippen LogP contribution in [0.3, 0.4) is 0 Å². The topological polar surface area (TPSA) is 30.5 Å². The summed E-state index contributed by atoms with van der Waals surface area (Å²) in [4.78, 5) is 0. The molecule has 1 atom stereocenters. The summed E-state index contributed by atoms with van der Waals surface area (Å²) in [6, 6.07) is 6.09. The number of methoxy groups -OCH3 is 1. The van der Waals surface area contributed by atoms with Crippen LogP contribution in [0.1, 0.15) is 12.0 Å². The van der Waals surface area contributed by atoms with Gasteiger partial charge in [-0.05, 0) is 53.5 Å². The molecule has 3 nitrogen and oxygen atoms in total. The molecular formula is C14H20BrF2NO2. The van der Waals surface area contributed by atoms with Gasteiger partial charge in [-0.25, -0.2) is 8.78 Å². The van der Waals surface area contributed by atoms with Crippen LogP contribution in [0.4, 0.5) is 8.78 Å². The summed E-state index contributed by atoms with van der Waals surface area (Å²) in [5.74, 6) is 0.787. The highest BCUT2D eigenvalue weighted by molar-refractivity contribution is 9.10. The lowest BCUT2D eigenvalue weighted by atomic mass is 10.0. The van der Waals surface area contributed by atoms with E-state index in [9.17, 15) is 8.78 Å². The van der Waals surface area contributed by atoms with Gasteiger partial charge in [0.15, 0.2) is 0 Å². The second kappa shape index (κ2) is 9.26. The zero-order valence-corrected chi connectivity index (χ0v) is 13.3. The molecule has 1 aromatic rings. The number of alkyl halides is 2. The molecule has 0 amide bonds. The second-order valence-electron chi connectivity index (χ2n) is 4.41. The van der Waals surface area contributed by atoms with Crippen LogP contribution in [0, 0.1) is 0 Å². The Balaban J connectivity index is 2.45. The molecule has 0 aliphatic carbocycles. The van der Waals surface area contributed by atoms with Crippen LogP contribution in [0.25, 0.3) is 0 Å². The maximum atomic E-state index is 11.9. The average molecular weight is 352 g/mol. The summed E-state index contributed by atoms with van der Waals surface area (Å²) in [6.45, 7) is -0.169. The Hall–Kier alpha value is -0.720. The van der Waals surface area contributed by atoms with Gasteiger partial charge in [-0.2, -0.15) is 0 Å². The number of rotatable bonds is 9. The zero-order chi connectivity index (χ0) is 15.0. The van der Waals surface area contributed by atoms with Gasteiger partial charge in [0.2, 0.25) is 0 Å². The quantitative estimate of drug-likeness (QED) is 0.692. The zero-order valence-electron chi connectivity index (χ0n) is 11.7. The molecule has 114 valence electrons. The molecule has 0 fully saturated rings. The number of ether oxygens (including phenoxy) is 2. The number of benzene rings is 1. The van der Waals surface area contributed by atoms with E-state index in [4.69, 9.17) is 9.47 Å². The molecule has 0 aromatic heterocycles. The summed E-state index contributed by atoms with van der Waals surface area (Å²) in [5.41, 5.74) is 1.14. The van der Waals surface area contributed by atoms with Crippen molar-refractivity contribution in [3.05, 3.63) is 28.2 Å². The van der Waals surface area contributed by atoms with E-state index >= 15 is 0 Å². The van der Waals surface area contributed by atoms with Crippen LogP contribution in [0.2, 0.25) is 0 Å². The van der Waals surface area contributed by atoms with E-state index in [-0.39, 0.29) is 6.04 Å². The van der Waals surface area contributed by atoms with Crippen molar-refractivity contribution in [1.82, 2.24) is 5.32 Å². The minimum Gasteiger partial charge on any atom is -0.496 e. The van der Waals surface area contributed by atoms with Gasteiger partial charge in [-0.15, -0.1) is 0 Å². The monoisotopic (exact) mass is 351 g/mol. The van der Waals surface area contributed by atoms with Crippen LogP contribution in [0.5, 0.6) is 5.75 Å². The molecule has 0 bridgehead atoms. The fourth-order valence-corrected chi connectivity index (χ4v) is 2.46. The smallest absolute Gasteiger partial charge is 0.261 e. The van der Waals surface area contributed by atoms with Gasteiger partial charge >= 0.3 is 0 Å². The molecule has 1 N–H and O–H groups in total. The Bertz CT molecular complexity index is 405. The van der Waals surface area contributed by atoms with Crippen molar-refractivity contribution >= 4 is 15.9 Å². The highest BCUT2D eigenvalue weighted by Gasteiger charge is 2.10. The fraction of sp³-hybridized carbons (Fsp3) is 0.571. The SMILES string of the molecule is CNC(CCOCC(F)F)Cc1ccc(OC)c(Br)c1. The van der Waals surface area contributed by atoms with E-state index in [1.54, 1.807) is 7.11 Å². The molecule has 1 aromatic carbocycles. The predicted octanol–water partition coefficient (Wildman–Crippen LogP) is 3.26. The Labute approximate surface area is 126 Å². The maximum Gasteiger partial charge on any atom is 0.261 e. The molecule has 0 saturated heterocycles. The first-order valence-electron chi connectivity index (χ1n) is 6.42. The van der Waals surface area contributed by atoms with Gasteiger partial charge < -0.3 is 14.8 Å². The van der Waals surface area contributed by atoms with Crippen molar-refractivity contribution in [3.8, 4) is 5.75 Å². The molecule has 1 unspecified atom stereocenters. The second-order valence-corrected chi connectivity index (χ2v) is 5.27. The van der Waals surface area contributed by atoms with Gasteiger partial charge in [0.1, 0.15) is 12.4 Å². The Morgan fingerprint density at radius 1 is 1.35 bits per heavy atom. The average Bonchev–Trinajstić information content (AvgIpc) is 2.42. The van der Waals surface area contributed by atoms with Gasteiger partial charge in [-0.1, -0.05) is 6.07 Å². The molecule has 0 spiro atoms. The molecule has 0 heterocycles. The largest absolute Gasteiger partial charge is 0.496 e. The summed E-state index contributed by atoms with van der Waals surface area (Å²) >= 11 is 3.45. The summed E-state index contributed by atoms with van der Waals surface area (Å²) in [6.07, 6.45) is -0.912. The molecular weight excluding hydrogens is 332 g/mol. The number of likely N-dealkylation sites (N-methyl/N-ethyl adjacent to an activating group) is 1. The van der Waals surface area contributed by atoms with Crippen molar-refractivity contribution in [2.45, 2.75) is 25.3 Å². The Morgan fingerprint density at radius 2 is 2.10 bits per heavy atom. The van der Waals surface area contributed by atoms with Crippen molar-refractivity contribution < 1.29 is 18.3 Å². The number of hydrogen-bond donors (Lipinski definition) is 1. The van der Waals surface area contributed by atoms with Crippen molar-refractivity contribution in [1.29, 1.82) is 0 Å². The van der Waals surface area contributed by atoms with Crippen LogP contribution in [0.15, 0.2) is 22.7 Å². The molecule has 0 aliphatic rings. The van der Waals surface area contributed by atoms with E-state index in [1.165, 1.54) is 0 Å². The van der Waals surface area contributed by atoms with Crippen molar-refractivity contribution in [2.24, 2.45) is 0 Å². The first-order valence-corrected chi connectivity index (χ1v) is 7.21. The highest BCUT2D eigenvalue weighted by atomic mass is 79.9. The first kappa shape index (κ1) is 17.3. The molecule has 0 saturated carbocycles. The third-order valence-electron chi connectivity index (χ3n) is 2.96. The fourth-order valence-electron chi connectivity index (χ4n) is 1.87. The number of nitrogens with one attached hydrogen (secondary N) is 1. The van der Waals surface area contributed by atoms with Crippen LogP contribution in [-0.2, 0) is 11.2 Å². The molecule has 0 aliphatic heterocycles. The van der Waals surface area contributed by atoms with Crippen LogP contribution in [-0.4, -0.2) is 39.8 Å². The third kappa shape index (κ3) is 6.15. The third-order valence-corrected chi connectivity index (χ3v) is 3.58. The van der Waals surface area contributed by atoms with E-state index in [0.29, 0.717) is 13.0 Å². The number of hydrogen-bond acceptors (Lipinski definition) is 3. The van der Waals surface area contributed by atoms with Crippen LogP contribution >= 0.6 is 15.9 Å². The minimum atomic E-state index is -2.40. The molecule has 1 rings (SSSR count). The van der Waals surface area contributed by atoms with E-state index in [2.05, 4.69) is 21.2 Å². The summed E-state index contributed by atoms with van der Waals surface area (Å²) in [7, 11) is 3.48. The lowest BCUT2D eigenvalue weighted by molar-refractivity contribution is 0.0146. The lowest BCUT2D eigenvalue weighted by Crippen LogP contribution is -2.29. The maximum absolute atomic E-state index is 11.9. The first-order chi connectivity index (χ1) is 9.56. The van der Waals surface area contributed by atoms with E-state index < -0.39 is 13.0 Å². The highest BCUT2D eigenvalue weighted by Crippen LogP contribution is 2.26. The summed E-state index contributed by atoms with van der Waals surface area (Å²) < 4.78 is 34.9. The molecule has 0 radical (unpaired) electrons. The van der Waals surface area contributed by atoms with Crippen LogP contribution < -0.4 is 10.1 Å². The van der Waals surface area contributed by atoms with Gasteiger partial charge in [-0.3, -0.25) is 0 Å². The Morgan fingerprint density at radius 3 is 2.65 bits per heavy atom. The minimum absolute atomic E-state index is 0.188. The normalized spacial score (nSPS) is 12.7. The van der Waals surface area contributed by atoms with E-state index in [0.717, 1.165) is 22.2 Å². The van der Waals surface area contributed by atoms with Gasteiger partial charge in [0.05, 0.1) is 11.6 Å². The Kier molecular flexibility index (Phi) is 8.02. The molecule has 20 heavy (non-hydrogen) atoms. The number of halogens is 3. The van der Waals surface area contributed by atoms with Gasteiger partial charge in [0.25, 0.3) is 6.43 Å².